The number of hydrogen-bond donors (Lipinski definition) is 1. The number of carbonyl (C=O) groups excluding carboxylic acids is 1. The molecule has 1 amide bonds. The van der Waals surface area contributed by atoms with E-state index in [2.05, 4.69) is 4.98 Å². The smallest absolute Gasteiger partial charge is 0.263 e. The van der Waals surface area contributed by atoms with E-state index >= 15 is 0 Å². The molecule has 1 unspecified atom stereocenters. The molecule has 2 aromatic heterocycles. The molecule has 1 aromatic carbocycles. The summed E-state index contributed by atoms with van der Waals surface area (Å²) in [4.78, 5) is 30.8. The van der Waals surface area contributed by atoms with Crippen molar-refractivity contribution in [3.63, 3.8) is 0 Å². The number of fused-ring (bicyclic) bond motifs is 1. The number of carbonyl (C=O) groups is 1. The van der Waals surface area contributed by atoms with Gasteiger partial charge in [0.2, 0.25) is 5.91 Å². The first kappa shape index (κ1) is 16.7. The van der Waals surface area contributed by atoms with Crippen LogP contribution in [0.1, 0.15) is 23.7 Å². The first-order valence-corrected chi connectivity index (χ1v) is 8.58. The molecule has 0 bridgehead atoms. The summed E-state index contributed by atoms with van der Waals surface area (Å²) in [5.74, 6) is -0.0935. The second-order valence-corrected chi connectivity index (χ2v) is 7.27. The number of thiophene rings is 1. The predicted molar refractivity (Wildman–Crippen MR) is 97.7 cm³/mol. The number of aromatic nitrogens is 2. The zero-order chi connectivity index (χ0) is 17.6. The lowest BCUT2D eigenvalue weighted by molar-refractivity contribution is -0.120. The number of rotatable bonds is 3. The van der Waals surface area contributed by atoms with E-state index in [0.29, 0.717) is 21.1 Å². The molecule has 1 atom stereocenters. The van der Waals surface area contributed by atoms with Gasteiger partial charge in [-0.15, -0.1) is 11.3 Å². The monoisotopic (exact) mass is 361 g/mol. The van der Waals surface area contributed by atoms with Gasteiger partial charge in [-0.2, -0.15) is 0 Å². The van der Waals surface area contributed by atoms with Crippen LogP contribution in [0.25, 0.3) is 21.3 Å². The van der Waals surface area contributed by atoms with Crippen molar-refractivity contribution in [2.45, 2.75) is 26.8 Å². The Morgan fingerprint density at radius 1 is 1.29 bits per heavy atom. The summed E-state index contributed by atoms with van der Waals surface area (Å²) in [5.41, 5.74) is 6.85. The third kappa shape index (κ3) is 2.61. The third-order valence-electron chi connectivity index (χ3n) is 4.04. The van der Waals surface area contributed by atoms with Crippen LogP contribution in [-0.2, 0) is 4.79 Å². The van der Waals surface area contributed by atoms with Crippen molar-refractivity contribution in [2.24, 2.45) is 5.73 Å². The highest BCUT2D eigenvalue weighted by molar-refractivity contribution is 7.19. The second kappa shape index (κ2) is 6.03. The minimum absolute atomic E-state index is 0.252. The van der Waals surface area contributed by atoms with E-state index in [1.807, 2.05) is 19.1 Å². The van der Waals surface area contributed by atoms with Crippen LogP contribution in [0.3, 0.4) is 0 Å². The van der Waals surface area contributed by atoms with Gasteiger partial charge in [0.1, 0.15) is 16.7 Å². The Bertz CT molecular complexity index is 1010. The van der Waals surface area contributed by atoms with Crippen LogP contribution < -0.4 is 11.3 Å². The largest absolute Gasteiger partial charge is 0.368 e. The molecule has 0 saturated carbocycles. The second-order valence-electron chi connectivity index (χ2n) is 5.63. The third-order valence-corrected chi connectivity index (χ3v) is 5.29. The first-order chi connectivity index (χ1) is 11.3. The Morgan fingerprint density at radius 3 is 2.50 bits per heavy atom. The molecule has 0 aliphatic carbocycles. The number of nitrogens with zero attached hydrogens (tertiary/aromatic N) is 2. The van der Waals surface area contributed by atoms with Crippen LogP contribution in [0.2, 0.25) is 5.02 Å². The summed E-state index contributed by atoms with van der Waals surface area (Å²) in [6.07, 6.45) is 0. The summed E-state index contributed by atoms with van der Waals surface area (Å²) in [6.45, 7) is 5.26. The van der Waals surface area contributed by atoms with Gasteiger partial charge in [-0.25, -0.2) is 4.98 Å². The van der Waals surface area contributed by atoms with E-state index in [0.717, 1.165) is 16.0 Å². The van der Waals surface area contributed by atoms with Crippen LogP contribution in [-0.4, -0.2) is 15.5 Å². The molecule has 124 valence electrons. The lowest BCUT2D eigenvalue weighted by Gasteiger charge is -2.14. The predicted octanol–water partition coefficient (Wildman–Crippen LogP) is 3.44. The van der Waals surface area contributed by atoms with Crippen molar-refractivity contribution in [1.29, 1.82) is 0 Å². The van der Waals surface area contributed by atoms with Crippen LogP contribution in [0.5, 0.6) is 0 Å². The van der Waals surface area contributed by atoms with E-state index in [1.54, 1.807) is 26.0 Å². The maximum Gasteiger partial charge on any atom is 0.263 e. The highest BCUT2D eigenvalue weighted by atomic mass is 35.5. The topological polar surface area (TPSA) is 78.0 Å². The van der Waals surface area contributed by atoms with E-state index < -0.39 is 11.9 Å². The normalized spacial score (nSPS) is 12.5. The molecule has 0 fully saturated rings. The molecule has 3 aromatic rings. The number of amides is 1. The molecule has 7 heteroatoms. The average Bonchev–Trinajstić information content (AvgIpc) is 2.84. The Hall–Kier alpha value is -2.18. The van der Waals surface area contributed by atoms with E-state index in [4.69, 9.17) is 17.3 Å². The molecule has 0 radical (unpaired) electrons. The van der Waals surface area contributed by atoms with Crippen LogP contribution in [0, 0.1) is 13.8 Å². The summed E-state index contributed by atoms with van der Waals surface area (Å²) in [6, 6.07) is 6.56. The van der Waals surface area contributed by atoms with Gasteiger partial charge in [0.25, 0.3) is 5.56 Å². The lowest BCUT2D eigenvalue weighted by atomic mass is 10.0. The highest BCUT2D eigenvalue weighted by Gasteiger charge is 2.22. The molecule has 2 N–H and O–H groups in total. The molecule has 0 aliphatic heterocycles. The molecule has 24 heavy (non-hydrogen) atoms. The van der Waals surface area contributed by atoms with Gasteiger partial charge in [-0.3, -0.25) is 14.2 Å². The number of hydrogen-bond acceptors (Lipinski definition) is 4. The van der Waals surface area contributed by atoms with Gasteiger partial charge < -0.3 is 5.73 Å². The molecule has 5 nitrogen and oxygen atoms in total. The maximum absolute atomic E-state index is 13.1. The summed E-state index contributed by atoms with van der Waals surface area (Å²) in [7, 11) is 0. The molecule has 3 rings (SSSR count). The maximum atomic E-state index is 13.1. The number of nitrogens with two attached hydrogens (primary N) is 1. The van der Waals surface area contributed by atoms with Crippen LogP contribution in [0.4, 0.5) is 0 Å². The van der Waals surface area contributed by atoms with E-state index in [1.165, 1.54) is 15.9 Å². The quantitative estimate of drug-likeness (QED) is 0.776. The van der Waals surface area contributed by atoms with Crippen LogP contribution >= 0.6 is 22.9 Å². The van der Waals surface area contributed by atoms with Gasteiger partial charge in [0.15, 0.2) is 0 Å². The Balaban J connectivity index is 2.38. The number of primary amides is 1. The summed E-state index contributed by atoms with van der Waals surface area (Å²) >= 11 is 7.42. The minimum atomic E-state index is -0.757. The Kier molecular flexibility index (Phi) is 4.19. The minimum Gasteiger partial charge on any atom is -0.368 e. The molecule has 2 heterocycles. The van der Waals surface area contributed by atoms with Crippen molar-refractivity contribution in [3.8, 4) is 11.1 Å². The molecule has 0 saturated heterocycles. The Morgan fingerprint density at radius 2 is 1.92 bits per heavy atom. The van der Waals surface area contributed by atoms with Crippen molar-refractivity contribution in [1.82, 2.24) is 9.55 Å². The summed E-state index contributed by atoms with van der Waals surface area (Å²) in [5, 5.41) is 1.14. The first-order valence-electron chi connectivity index (χ1n) is 7.38. The number of aryl methyl sites for hydroxylation is 2. The van der Waals surface area contributed by atoms with Gasteiger partial charge in [0.05, 0.1) is 5.39 Å². The van der Waals surface area contributed by atoms with Gasteiger partial charge in [0, 0.05) is 15.5 Å². The SMILES string of the molecule is Cc1sc2nc(C)n(C(C)C(N)=O)c(=O)c2c1-c1ccc(Cl)cc1. The molecular weight excluding hydrogens is 346 g/mol. The van der Waals surface area contributed by atoms with Gasteiger partial charge >= 0.3 is 0 Å². The molecule has 0 spiro atoms. The standard InChI is InChI=1S/C17H16ClN3O2S/c1-8(15(19)22)21-10(3)20-16-14(17(21)23)13(9(2)24-16)11-4-6-12(18)7-5-11/h4-8H,1-3H3,(H2,19,22). The zero-order valence-electron chi connectivity index (χ0n) is 13.5. The van der Waals surface area contributed by atoms with Gasteiger partial charge in [-0.1, -0.05) is 23.7 Å². The van der Waals surface area contributed by atoms with Crippen molar-refractivity contribution < 1.29 is 4.79 Å². The van der Waals surface area contributed by atoms with Gasteiger partial charge in [-0.05, 0) is 38.5 Å². The van der Waals surface area contributed by atoms with Crippen molar-refractivity contribution >= 4 is 39.1 Å². The zero-order valence-corrected chi connectivity index (χ0v) is 15.0. The van der Waals surface area contributed by atoms with Crippen molar-refractivity contribution in [2.75, 3.05) is 0 Å². The van der Waals surface area contributed by atoms with Crippen molar-refractivity contribution in [3.05, 3.63) is 50.3 Å². The fraction of sp³-hybridized carbons (Fsp3) is 0.235. The Labute approximate surface area is 147 Å². The summed E-state index contributed by atoms with van der Waals surface area (Å²) < 4.78 is 1.36. The van der Waals surface area contributed by atoms with E-state index in [9.17, 15) is 9.59 Å². The fourth-order valence-corrected chi connectivity index (χ4v) is 4.03. The lowest BCUT2D eigenvalue weighted by Crippen LogP contribution is -2.34. The average molecular weight is 362 g/mol. The van der Waals surface area contributed by atoms with Crippen LogP contribution in [0.15, 0.2) is 29.1 Å². The number of halogens is 1. The molecule has 0 aliphatic rings. The van der Waals surface area contributed by atoms with E-state index in [-0.39, 0.29) is 5.56 Å². The fourth-order valence-electron chi connectivity index (χ4n) is 2.82. The molecular formula is C17H16ClN3O2S. The number of benzene rings is 1. The highest BCUT2D eigenvalue weighted by Crippen LogP contribution is 2.36.